The minimum absolute atomic E-state index is 0.194. The predicted molar refractivity (Wildman–Crippen MR) is 76.6 cm³/mol. The second-order valence-electron chi connectivity index (χ2n) is 5.66. The zero-order valence-corrected chi connectivity index (χ0v) is 12.3. The van der Waals surface area contributed by atoms with Crippen molar-refractivity contribution in [2.24, 2.45) is 0 Å². The Hall–Kier alpha value is -0.860. The molecular formula is C15H29N3. The highest BCUT2D eigenvalue weighted by Crippen LogP contribution is 2.32. The molecule has 0 aliphatic rings. The number of nitrogens with zero attached hydrogens (tertiary/aromatic N) is 2. The average Bonchev–Trinajstić information content (AvgIpc) is 2.89. The summed E-state index contributed by atoms with van der Waals surface area (Å²) in [6.07, 6.45) is 13.3. The quantitative estimate of drug-likeness (QED) is 0.617. The van der Waals surface area contributed by atoms with Crippen LogP contribution in [0.15, 0.2) is 6.33 Å². The van der Waals surface area contributed by atoms with Gasteiger partial charge in [0.1, 0.15) is 12.2 Å². The molecule has 1 aromatic heterocycles. The molecule has 0 saturated heterocycles. The van der Waals surface area contributed by atoms with E-state index in [2.05, 4.69) is 36.0 Å². The van der Waals surface area contributed by atoms with Crippen molar-refractivity contribution in [3.63, 3.8) is 0 Å². The van der Waals surface area contributed by atoms with Gasteiger partial charge in [0, 0.05) is 5.41 Å². The van der Waals surface area contributed by atoms with Gasteiger partial charge in [-0.25, -0.2) is 4.98 Å². The van der Waals surface area contributed by atoms with Crippen molar-refractivity contribution in [1.29, 1.82) is 0 Å². The summed E-state index contributed by atoms with van der Waals surface area (Å²) in [7, 11) is 0. The smallest absolute Gasteiger partial charge is 0.137 e. The first-order chi connectivity index (χ1) is 8.73. The second-order valence-corrected chi connectivity index (χ2v) is 5.66. The fourth-order valence-electron chi connectivity index (χ4n) is 2.57. The summed E-state index contributed by atoms with van der Waals surface area (Å²) in [5, 5.41) is 7.11. The Morgan fingerprint density at radius 2 is 1.61 bits per heavy atom. The normalized spacial score (nSPS) is 14.6. The average molecular weight is 251 g/mol. The van der Waals surface area contributed by atoms with E-state index in [9.17, 15) is 0 Å². The van der Waals surface area contributed by atoms with Crippen LogP contribution in [0.4, 0.5) is 0 Å². The number of aromatic nitrogens is 3. The molecule has 1 N–H and O–H groups in total. The van der Waals surface area contributed by atoms with Gasteiger partial charge in [-0.05, 0) is 12.8 Å². The largest absolute Gasteiger partial charge is 0.263 e. The number of hydrogen-bond acceptors (Lipinski definition) is 2. The van der Waals surface area contributed by atoms with Gasteiger partial charge in [-0.3, -0.25) is 5.10 Å². The first-order valence-corrected chi connectivity index (χ1v) is 7.58. The minimum atomic E-state index is 0.194. The van der Waals surface area contributed by atoms with Crippen molar-refractivity contribution in [3.8, 4) is 0 Å². The Labute approximate surface area is 112 Å². The van der Waals surface area contributed by atoms with E-state index in [4.69, 9.17) is 0 Å². The molecule has 1 heterocycles. The summed E-state index contributed by atoms with van der Waals surface area (Å²) in [5.74, 6) is 1.08. The van der Waals surface area contributed by atoms with E-state index < -0.39 is 0 Å². The van der Waals surface area contributed by atoms with Gasteiger partial charge in [-0.1, -0.05) is 65.7 Å². The maximum atomic E-state index is 4.40. The zero-order valence-electron chi connectivity index (χ0n) is 12.3. The van der Waals surface area contributed by atoms with Crippen molar-refractivity contribution in [2.75, 3.05) is 0 Å². The van der Waals surface area contributed by atoms with Crippen molar-refractivity contribution in [1.82, 2.24) is 15.2 Å². The van der Waals surface area contributed by atoms with Crippen molar-refractivity contribution in [2.45, 2.75) is 84.0 Å². The molecule has 0 aromatic carbocycles. The molecule has 18 heavy (non-hydrogen) atoms. The van der Waals surface area contributed by atoms with Crippen LogP contribution in [0.2, 0.25) is 0 Å². The van der Waals surface area contributed by atoms with Crippen molar-refractivity contribution < 1.29 is 0 Å². The van der Waals surface area contributed by atoms with Crippen LogP contribution in [-0.2, 0) is 5.41 Å². The van der Waals surface area contributed by atoms with Crippen LogP contribution in [0.5, 0.6) is 0 Å². The van der Waals surface area contributed by atoms with Crippen LogP contribution in [0.25, 0.3) is 0 Å². The molecule has 0 radical (unpaired) electrons. The molecule has 0 aliphatic carbocycles. The van der Waals surface area contributed by atoms with E-state index in [1.54, 1.807) is 6.33 Å². The molecule has 3 heteroatoms. The predicted octanol–water partition coefficient (Wildman–Crippen LogP) is 4.61. The number of hydrogen-bond donors (Lipinski definition) is 1. The van der Waals surface area contributed by atoms with E-state index in [0.717, 1.165) is 5.82 Å². The summed E-state index contributed by atoms with van der Waals surface area (Å²) in [6, 6.07) is 0. The SMILES string of the molecule is CCCCCCC(C)(CCCCC)c1ncn[nH]1. The van der Waals surface area contributed by atoms with Crippen LogP contribution in [0, 0.1) is 0 Å². The number of aromatic amines is 1. The van der Waals surface area contributed by atoms with E-state index in [1.807, 2.05) is 0 Å². The molecule has 0 fully saturated rings. The lowest BCUT2D eigenvalue weighted by Gasteiger charge is -2.27. The molecule has 1 atom stereocenters. The van der Waals surface area contributed by atoms with Crippen LogP contribution < -0.4 is 0 Å². The molecule has 1 unspecified atom stereocenters. The standard InChI is InChI=1S/C15H29N3/c1-4-6-8-10-12-15(3,11-9-7-5-2)14-16-13-17-18-14/h13H,4-12H2,1-3H3,(H,16,17,18). The van der Waals surface area contributed by atoms with Crippen LogP contribution in [0.3, 0.4) is 0 Å². The monoisotopic (exact) mass is 251 g/mol. The first kappa shape index (κ1) is 15.2. The van der Waals surface area contributed by atoms with E-state index in [-0.39, 0.29) is 5.41 Å². The maximum absolute atomic E-state index is 4.40. The Bertz CT molecular complexity index is 295. The Morgan fingerprint density at radius 3 is 2.17 bits per heavy atom. The minimum Gasteiger partial charge on any atom is -0.263 e. The summed E-state index contributed by atoms with van der Waals surface area (Å²) >= 11 is 0. The van der Waals surface area contributed by atoms with Gasteiger partial charge in [-0.2, -0.15) is 5.10 Å². The molecule has 1 aromatic rings. The molecule has 3 nitrogen and oxygen atoms in total. The third kappa shape index (κ3) is 4.79. The van der Waals surface area contributed by atoms with Crippen LogP contribution in [0.1, 0.15) is 84.4 Å². The molecule has 0 saturated carbocycles. The van der Waals surface area contributed by atoms with Gasteiger partial charge in [0.2, 0.25) is 0 Å². The fourth-order valence-corrected chi connectivity index (χ4v) is 2.57. The maximum Gasteiger partial charge on any atom is 0.137 e. The number of unbranched alkanes of at least 4 members (excludes halogenated alkanes) is 5. The molecule has 0 spiro atoms. The van der Waals surface area contributed by atoms with Gasteiger partial charge in [0.05, 0.1) is 0 Å². The Balaban J connectivity index is 2.51. The topological polar surface area (TPSA) is 41.6 Å². The van der Waals surface area contributed by atoms with Gasteiger partial charge < -0.3 is 0 Å². The van der Waals surface area contributed by atoms with Crippen LogP contribution in [-0.4, -0.2) is 15.2 Å². The highest BCUT2D eigenvalue weighted by atomic mass is 15.2. The zero-order chi connectivity index (χ0) is 13.3. The second kappa shape index (κ2) is 8.28. The lowest BCUT2D eigenvalue weighted by Crippen LogP contribution is -2.24. The lowest BCUT2D eigenvalue weighted by atomic mass is 9.79. The summed E-state index contributed by atoms with van der Waals surface area (Å²) in [4.78, 5) is 4.40. The Morgan fingerprint density at radius 1 is 1.00 bits per heavy atom. The van der Waals surface area contributed by atoms with Gasteiger partial charge in [0.25, 0.3) is 0 Å². The third-order valence-corrected chi connectivity index (χ3v) is 3.90. The fraction of sp³-hybridized carbons (Fsp3) is 0.867. The van der Waals surface area contributed by atoms with Gasteiger partial charge in [-0.15, -0.1) is 0 Å². The first-order valence-electron chi connectivity index (χ1n) is 7.58. The van der Waals surface area contributed by atoms with E-state index in [1.165, 1.54) is 57.8 Å². The van der Waals surface area contributed by atoms with Crippen molar-refractivity contribution >= 4 is 0 Å². The Kier molecular flexibility index (Phi) is 6.99. The summed E-state index contributed by atoms with van der Waals surface area (Å²) in [6.45, 7) is 6.86. The third-order valence-electron chi connectivity index (χ3n) is 3.90. The molecule has 0 aliphatic heterocycles. The molecule has 1 rings (SSSR count). The highest BCUT2D eigenvalue weighted by molar-refractivity contribution is 5.03. The van der Waals surface area contributed by atoms with Crippen molar-refractivity contribution in [3.05, 3.63) is 12.2 Å². The molecule has 104 valence electrons. The lowest BCUT2D eigenvalue weighted by molar-refractivity contribution is 0.348. The van der Waals surface area contributed by atoms with E-state index in [0.29, 0.717) is 0 Å². The van der Waals surface area contributed by atoms with Gasteiger partial charge in [0.15, 0.2) is 0 Å². The number of H-pyrrole nitrogens is 1. The van der Waals surface area contributed by atoms with Crippen LogP contribution >= 0.6 is 0 Å². The number of nitrogens with one attached hydrogen (secondary N) is 1. The molecular weight excluding hydrogens is 222 g/mol. The molecule has 0 amide bonds. The van der Waals surface area contributed by atoms with Gasteiger partial charge >= 0.3 is 0 Å². The highest BCUT2D eigenvalue weighted by Gasteiger charge is 2.28. The summed E-state index contributed by atoms with van der Waals surface area (Å²) in [5.41, 5.74) is 0.194. The molecule has 0 bridgehead atoms. The number of rotatable bonds is 10. The summed E-state index contributed by atoms with van der Waals surface area (Å²) < 4.78 is 0. The van der Waals surface area contributed by atoms with E-state index >= 15 is 0 Å².